The lowest BCUT2D eigenvalue weighted by Crippen LogP contribution is -2.41. The van der Waals surface area contributed by atoms with E-state index in [0.29, 0.717) is 16.9 Å². The molecule has 0 aliphatic carbocycles. The number of halogens is 4. The van der Waals surface area contributed by atoms with Crippen LogP contribution in [-0.4, -0.2) is 28.7 Å². The Morgan fingerprint density at radius 3 is 2.34 bits per heavy atom. The molecule has 11 heteroatoms. The van der Waals surface area contributed by atoms with E-state index in [2.05, 4.69) is 20.9 Å². The maximum absolute atomic E-state index is 13.0. The summed E-state index contributed by atoms with van der Waals surface area (Å²) in [4.78, 5) is 40.4. The smallest absolute Gasteiger partial charge is 0.341 e. The van der Waals surface area contributed by atoms with Gasteiger partial charge < -0.3 is 16.0 Å². The van der Waals surface area contributed by atoms with E-state index in [1.54, 1.807) is 42.6 Å². The first-order valence-corrected chi connectivity index (χ1v) is 10.6. The number of alkyl halides is 3. The highest BCUT2D eigenvalue weighted by atomic mass is 35.5. The first-order valence-electron chi connectivity index (χ1n) is 10.3. The zero-order chi connectivity index (χ0) is 25.8. The highest BCUT2D eigenvalue weighted by Crippen LogP contribution is 2.36. The summed E-state index contributed by atoms with van der Waals surface area (Å²) in [6.07, 6.45) is -3.14. The zero-order valence-electron chi connectivity index (χ0n) is 18.5. The van der Waals surface area contributed by atoms with Crippen LogP contribution >= 0.6 is 11.6 Å². The van der Waals surface area contributed by atoms with Gasteiger partial charge in [-0.3, -0.25) is 14.4 Å². The summed E-state index contributed by atoms with van der Waals surface area (Å²) in [6.45, 7) is 2.77. The molecule has 7 nitrogen and oxygen atoms in total. The molecule has 3 amide bonds. The molecule has 0 aliphatic heterocycles. The van der Waals surface area contributed by atoms with Gasteiger partial charge in [0.15, 0.2) is 0 Å². The number of benzene rings is 2. The van der Waals surface area contributed by atoms with E-state index in [9.17, 15) is 27.6 Å². The molecule has 0 spiro atoms. The van der Waals surface area contributed by atoms with Gasteiger partial charge in [0.05, 0.1) is 10.6 Å². The van der Waals surface area contributed by atoms with Crippen molar-refractivity contribution in [3.8, 4) is 11.1 Å². The molecule has 0 unspecified atom stereocenters. The van der Waals surface area contributed by atoms with Crippen LogP contribution in [0.3, 0.4) is 0 Å². The van der Waals surface area contributed by atoms with Crippen LogP contribution in [0.4, 0.5) is 24.7 Å². The van der Waals surface area contributed by atoms with Gasteiger partial charge in [0.2, 0.25) is 11.8 Å². The molecule has 2 aromatic carbocycles. The number of carbonyl (C=O) groups excluding carboxylic acids is 3. The van der Waals surface area contributed by atoms with Gasteiger partial charge in [-0.1, -0.05) is 23.7 Å². The van der Waals surface area contributed by atoms with Gasteiger partial charge in [0.1, 0.15) is 11.9 Å². The molecule has 1 heterocycles. The molecule has 35 heavy (non-hydrogen) atoms. The number of carbonyl (C=O) groups is 3. The zero-order valence-corrected chi connectivity index (χ0v) is 19.3. The lowest BCUT2D eigenvalue weighted by atomic mass is 10.0. The molecule has 3 rings (SSSR count). The van der Waals surface area contributed by atoms with Crippen LogP contribution in [0.2, 0.25) is 5.02 Å². The van der Waals surface area contributed by atoms with Gasteiger partial charge >= 0.3 is 6.18 Å². The lowest BCUT2D eigenvalue weighted by Gasteiger charge is -2.16. The predicted octanol–water partition coefficient (Wildman–Crippen LogP) is 5.14. The van der Waals surface area contributed by atoms with E-state index in [1.165, 1.54) is 19.9 Å². The number of nitrogens with one attached hydrogen (secondary N) is 3. The minimum Gasteiger partial charge on any atom is -0.341 e. The van der Waals surface area contributed by atoms with Crippen molar-refractivity contribution in [3.05, 3.63) is 76.9 Å². The Kier molecular flexibility index (Phi) is 7.75. The van der Waals surface area contributed by atoms with E-state index in [1.807, 2.05) is 0 Å². The predicted molar refractivity (Wildman–Crippen MR) is 126 cm³/mol. The second-order valence-electron chi connectivity index (χ2n) is 7.57. The normalized spacial score (nSPS) is 11.9. The van der Waals surface area contributed by atoms with Crippen molar-refractivity contribution in [2.24, 2.45) is 0 Å². The molecule has 0 saturated carbocycles. The molecule has 0 bridgehead atoms. The van der Waals surface area contributed by atoms with E-state index < -0.39 is 34.6 Å². The van der Waals surface area contributed by atoms with Crippen LogP contribution in [0.5, 0.6) is 0 Å². The van der Waals surface area contributed by atoms with Gasteiger partial charge in [-0.15, -0.1) is 0 Å². The van der Waals surface area contributed by atoms with Gasteiger partial charge in [-0.2, -0.15) is 13.2 Å². The van der Waals surface area contributed by atoms with E-state index in [-0.39, 0.29) is 17.2 Å². The fraction of sp³-hybridized carbons (Fsp3) is 0.167. The molecule has 0 aliphatic rings. The van der Waals surface area contributed by atoms with Crippen molar-refractivity contribution in [1.82, 2.24) is 10.3 Å². The van der Waals surface area contributed by atoms with E-state index in [4.69, 9.17) is 11.6 Å². The Morgan fingerprint density at radius 2 is 1.71 bits per heavy atom. The van der Waals surface area contributed by atoms with Crippen LogP contribution in [0.1, 0.15) is 29.8 Å². The molecule has 3 aromatic rings. The third-order valence-corrected chi connectivity index (χ3v) is 5.14. The maximum Gasteiger partial charge on any atom is 0.417 e. The van der Waals surface area contributed by atoms with E-state index >= 15 is 0 Å². The van der Waals surface area contributed by atoms with Crippen LogP contribution in [0.15, 0.2) is 60.8 Å². The molecule has 0 saturated heterocycles. The molecule has 1 atom stereocenters. The topological polar surface area (TPSA) is 100 Å². The number of hydrogen-bond acceptors (Lipinski definition) is 4. The Hall–Kier alpha value is -3.92. The van der Waals surface area contributed by atoms with Crippen molar-refractivity contribution in [2.45, 2.75) is 26.1 Å². The molecule has 3 N–H and O–H groups in total. The number of anilines is 2. The van der Waals surface area contributed by atoms with Crippen molar-refractivity contribution in [2.75, 3.05) is 10.6 Å². The highest BCUT2D eigenvalue weighted by molar-refractivity contribution is 6.31. The molecule has 1 aromatic heterocycles. The summed E-state index contributed by atoms with van der Waals surface area (Å²) < 4.78 is 39.1. The number of nitrogens with zero attached hydrogens (tertiary/aromatic N) is 1. The average molecular weight is 505 g/mol. The minimum absolute atomic E-state index is 0.106. The molecule has 0 radical (unpaired) electrons. The Balaban J connectivity index is 1.67. The largest absolute Gasteiger partial charge is 0.417 e. The third kappa shape index (κ3) is 6.80. The summed E-state index contributed by atoms with van der Waals surface area (Å²) in [7, 11) is 0. The fourth-order valence-electron chi connectivity index (χ4n) is 3.08. The van der Waals surface area contributed by atoms with Gasteiger partial charge in [-0.05, 0) is 55.0 Å². The Morgan fingerprint density at radius 1 is 0.971 bits per heavy atom. The van der Waals surface area contributed by atoms with Gasteiger partial charge in [0.25, 0.3) is 5.91 Å². The average Bonchev–Trinajstić information content (AvgIpc) is 2.79. The number of hydrogen-bond donors (Lipinski definition) is 3. The number of amides is 3. The van der Waals surface area contributed by atoms with E-state index in [0.717, 1.165) is 12.1 Å². The second-order valence-corrected chi connectivity index (χ2v) is 7.98. The third-order valence-electron chi connectivity index (χ3n) is 4.81. The summed E-state index contributed by atoms with van der Waals surface area (Å²) >= 11 is 5.59. The van der Waals surface area contributed by atoms with Crippen molar-refractivity contribution in [3.63, 3.8) is 0 Å². The molecular formula is C24H20ClF3N4O3. The number of pyridine rings is 1. The molecule has 0 fully saturated rings. The van der Waals surface area contributed by atoms with Crippen molar-refractivity contribution < 1.29 is 27.6 Å². The van der Waals surface area contributed by atoms with Crippen molar-refractivity contribution >= 4 is 40.8 Å². The maximum atomic E-state index is 13.0. The van der Waals surface area contributed by atoms with Crippen LogP contribution in [-0.2, 0) is 15.8 Å². The number of aromatic nitrogens is 1. The monoisotopic (exact) mass is 504 g/mol. The van der Waals surface area contributed by atoms with Gasteiger partial charge in [-0.25, -0.2) is 4.98 Å². The molecular weight excluding hydrogens is 485 g/mol. The summed E-state index contributed by atoms with van der Waals surface area (Å²) in [5, 5.41) is 6.94. The van der Waals surface area contributed by atoms with Crippen LogP contribution < -0.4 is 16.0 Å². The number of rotatable bonds is 6. The Bertz CT molecular complexity index is 1260. The summed E-state index contributed by atoms with van der Waals surface area (Å²) in [5.41, 5.74) is 0.453. The first kappa shape index (κ1) is 25.7. The second kappa shape index (κ2) is 10.6. The van der Waals surface area contributed by atoms with Crippen LogP contribution in [0, 0.1) is 0 Å². The minimum atomic E-state index is -4.68. The highest BCUT2D eigenvalue weighted by Gasteiger charge is 2.33. The summed E-state index contributed by atoms with van der Waals surface area (Å²) in [5.74, 6) is -1.12. The Labute approximate surface area is 203 Å². The van der Waals surface area contributed by atoms with Crippen LogP contribution in [0.25, 0.3) is 11.1 Å². The SMILES string of the molecule is CC(=O)Nc1ccc(-c2cccc(C(=O)N[C@@H](C)C(=O)Nc3ccc(Cl)c(C(F)(F)F)c3)c2)cn1. The molecule has 182 valence electrons. The fourth-order valence-corrected chi connectivity index (χ4v) is 3.30. The standard InChI is InChI=1S/C24H20ClF3N4O3/c1-13(22(34)32-18-7-8-20(25)19(11-18)24(26,27)28)30-23(35)16-5-3-4-15(10-16)17-6-9-21(29-12-17)31-14(2)33/h3-13H,1-2H3,(H,30,35)(H,32,34)(H,29,31,33)/t13-/m0/s1. The van der Waals surface area contributed by atoms with Gasteiger partial charge in [0, 0.05) is 29.9 Å². The first-order chi connectivity index (χ1) is 16.4. The van der Waals surface area contributed by atoms with Crippen molar-refractivity contribution in [1.29, 1.82) is 0 Å². The summed E-state index contributed by atoms with van der Waals surface area (Å²) in [6, 6.07) is 11.9. The lowest BCUT2D eigenvalue weighted by molar-refractivity contribution is -0.137. The quantitative estimate of drug-likeness (QED) is 0.433.